The molecule has 2 rings (SSSR count). The van der Waals surface area contributed by atoms with Crippen molar-refractivity contribution in [2.24, 2.45) is 0 Å². The van der Waals surface area contributed by atoms with Crippen LogP contribution in [0.4, 0.5) is 11.5 Å². The van der Waals surface area contributed by atoms with Crippen molar-refractivity contribution in [3.63, 3.8) is 0 Å². The number of nitrogens with one attached hydrogen (secondary N) is 1. The number of anilines is 2. The molecule has 0 aromatic carbocycles. The number of thiophene rings is 1. The third-order valence-electron chi connectivity index (χ3n) is 2.76. The Labute approximate surface area is 115 Å². The SMILES string of the molecule is Cc1cc(CNc2nc(Cl)nc(C)c2N)sc1C. The van der Waals surface area contributed by atoms with Crippen LogP contribution in [0.3, 0.4) is 0 Å². The summed E-state index contributed by atoms with van der Waals surface area (Å²) in [7, 11) is 0. The third-order valence-corrected chi connectivity index (χ3v) is 4.08. The van der Waals surface area contributed by atoms with E-state index in [0.29, 0.717) is 23.7 Å². The van der Waals surface area contributed by atoms with Gasteiger partial charge in [-0.25, -0.2) is 4.98 Å². The van der Waals surface area contributed by atoms with Gasteiger partial charge in [-0.15, -0.1) is 11.3 Å². The van der Waals surface area contributed by atoms with E-state index in [2.05, 4.69) is 35.2 Å². The maximum Gasteiger partial charge on any atom is 0.224 e. The van der Waals surface area contributed by atoms with Crippen molar-refractivity contribution in [2.75, 3.05) is 11.1 Å². The summed E-state index contributed by atoms with van der Waals surface area (Å²) in [5, 5.41) is 3.41. The Morgan fingerprint density at radius 3 is 2.67 bits per heavy atom. The van der Waals surface area contributed by atoms with Crippen LogP contribution in [0.15, 0.2) is 6.07 Å². The zero-order chi connectivity index (χ0) is 13.3. The van der Waals surface area contributed by atoms with E-state index < -0.39 is 0 Å². The predicted molar refractivity (Wildman–Crippen MR) is 77.3 cm³/mol. The van der Waals surface area contributed by atoms with Gasteiger partial charge in [0.2, 0.25) is 5.28 Å². The summed E-state index contributed by atoms with van der Waals surface area (Å²) < 4.78 is 0. The molecule has 2 heterocycles. The van der Waals surface area contributed by atoms with Gasteiger partial charge in [0.05, 0.1) is 17.9 Å². The van der Waals surface area contributed by atoms with Crippen LogP contribution < -0.4 is 11.1 Å². The van der Waals surface area contributed by atoms with Gasteiger partial charge in [0.15, 0.2) is 5.82 Å². The van der Waals surface area contributed by atoms with Gasteiger partial charge in [0, 0.05) is 9.75 Å². The van der Waals surface area contributed by atoms with Crippen molar-refractivity contribution in [3.8, 4) is 0 Å². The summed E-state index contributed by atoms with van der Waals surface area (Å²) >= 11 is 7.59. The van der Waals surface area contributed by atoms with Crippen molar-refractivity contribution in [2.45, 2.75) is 27.3 Å². The highest BCUT2D eigenvalue weighted by Crippen LogP contribution is 2.24. The second kappa shape index (κ2) is 5.12. The van der Waals surface area contributed by atoms with Crippen LogP contribution in [0, 0.1) is 20.8 Å². The fourth-order valence-corrected chi connectivity index (χ4v) is 2.79. The van der Waals surface area contributed by atoms with E-state index in [0.717, 1.165) is 0 Å². The molecule has 4 nitrogen and oxygen atoms in total. The third kappa shape index (κ3) is 2.73. The van der Waals surface area contributed by atoms with Crippen molar-refractivity contribution in [3.05, 3.63) is 32.4 Å². The highest BCUT2D eigenvalue weighted by atomic mass is 35.5. The van der Waals surface area contributed by atoms with Crippen LogP contribution in [0.2, 0.25) is 5.28 Å². The Hall–Kier alpha value is -1.33. The topological polar surface area (TPSA) is 63.8 Å². The van der Waals surface area contributed by atoms with Crippen molar-refractivity contribution in [1.29, 1.82) is 0 Å². The number of nitrogens with two attached hydrogens (primary N) is 1. The molecule has 0 unspecified atom stereocenters. The van der Waals surface area contributed by atoms with Gasteiger partial charge >= 0.3 is 0 Å². The first kappa shape index (κ1) is 13.1. The lowest BCUT2D eigenvalue weighted by molar-refractivity contribution is 1.07. The first-order valence-corrected chi connectivity index (χ1v) is 6.76. The monoisotopic (exact) mass is 282 g/mol. The second-order valence-corrected chi connectivity index (χ2v) is 5.82. The Balaban J connectivity index is 2.15. The lowest BCUT2D eigenvalue weighted by Crippen LogP contribution is -2.06. The minimum atomic E-state index is 0.211. The summed E-state index contributed by atoms with van der Waals surface area (Å²) in [5.41, 5.74) is 8.45. The molecular formula is C12H15ClN4S. The largest absolute Gasteiger partial charge is 0.394 e. The van der Waals surface area contributed by atoms with E-state index in [1.165, 1.54) is 15.3 Å². The Kier molecular flexibility index (Phi) is 3.73. The average Bonchev–Trinajstić information content (AvgIpc) is 2.61. The lowest BCUT2D eigenvalue weighted by Gasteiger charge is -2.09. The first-order chi connectivity index (χ1) is 8.47. The standard InChI is InChI=1S/C12H15ClN4S/c1-6-4-9(18-8(6)3)5-15-11-10(14)7(2)16-12(13)17-11/h4H,5,14H2,1-3H3,(H,15,16,17). The number of hydrogen-bond donors (Lipinski definition) is 2. The van der Waals surface area contributed by atoms with Gasteiger partial charge in [-0.1, -0.05) is 0 Å². The number of halogens is 1. The minimum Gasteiger partial charge on any atom is -0.394 e. The van der Waals surface area contributed by atoms with Crippen molar-refractivity contribution < 1.29 is 0 Å². The number of aromatic nitrogens is 2. The summed E-state index contributed by atoms with van der Waals surface area (Å²) in [5.74, 6) is 0.594. The smallest absolute Gasteiger partial charge is 0.224 e. The van der Waals surface area contributed by atoms with Gasteiger partial charge in [0.25, 0.3) is 0 Å². The molecule has 18 heavy (non-hydrogen) atoms. The molecule has 0 saturated carbocycles. The van der Waals surface area contributed by atoms with Crippen molar-refractivity contribution in [1.82, 2.24) is 9.97 Å². The second-order valence-electron chi connectivity index (χ2n) is 4.15. The number of nitrogens with zero attached hydrogens (tertiary/aromatic N) is 2. The van der Waals surface area contributed by atoms with Crippen molar-refractivity contribution >= 4 is 34.4 Å². The quantitative estimate of drug-likeness (QED) is 0.848. The predicted octanol–water partition coefficient (Wildman–Crippen LogP) is 3.31. The summed E-state index contributed by atoms with van der Waals surface area (Å²) in [6.45, 7) is 6.73. The summed E-state index contributed by atoms with van der Waals surface area (Å²) in [6.07, 6.45) is 0. The fourth-order valence-electron chi connectivity index (χ4n) is 1.59. The molecule has 0 amide bonds. The van der Waals surface area contributed by atoms with E-state index in [1.54, 1.807) is 11.3 Å². The number of rotatable bonds is 3. The molecule has 2 aromatic rings. The molecule has 0 fully saturated rings. The Morgan fingerprint density at radius 1 is 1.33 bits per heavy atom. The molecule has 2 aromatic heterocycles. The van der Waals surface area contributed by atoms with E-state index in [4.69, 9.17) is 17.3 Å². The molecule has 0 saturated heterocycles. The molecule has 0 aliphatic carbocycles. The average molecular weight is 283 g/mol. The normalized spacial score (nSPS) is 10.7. The minimum absolute atomic E-state index is 0.211. The van der Waals surface area contributed by atoms with Crippen LogP contribution in [-0.4, -0.2) is 9.97 Å². The Morgan fingerprint density at radius 2 is 2.06 bits per heavy atom. The van der Waals surface area contributed by atoms with Crippen LogP contribution >= 0.6 is 22.9 Å². The van der Waals surface area contributed by atoms with Gasteiger partial charge < -0.3 is 11.1 Å². The van der Waals surface area contributed by atoms with E-state index in [9.17, 15) is 0 Å². The number of nitrogen functional groups attached to an aromatic ring is 1. The molecule has 0 radical (unpaired) electrons. The molecule has 6 heteroatoms. The summed E-state index contributed by atoms with van der Waals surface area (Å²) in [4.78, 5) is 10.7. The molecule has 96 valence electrons. The molecule has 0 aliphatic rings. The lowest BCUT2D eigenvalue weighted by atomic mass is 10.3. The molecule has 0 atom stereocenters. The molecule has 0 aliphatic heterocycles. The van der Waals surface area contributed by atoms with Crippen LogP contribution in [0.25, 0.3) is 0 Å². The van der Waals surface area contributed by atoms with Gasteiger partial charge in [0.1, 0.15) is 0 Å². The zero-order valence-corrected chi connectivity index (χ0v) is 12.1. The Bertz CT molecular complexity index is 560. The molecule has 0 bridgehead atoms. The van der Waals surface area contributed by atoms with Gasteiger partial charge in [-0.05, 0) is 44.0 Å². The fraction of sp³-hybridized carbons (Fsp3) is 0.333. The first-order valence-electron chi connectivity index (χ1n) is 5.56. The van der Waals surface area contributed by atoms with E-state index >= 15 is 0 Å². The maximum atomic E-state index is 5.91. The highest BCUT2D eigenvalue weighted by Gasteiger charge is 2.08. The van der Waals surface area contributed by atoms with Crippen LogP contribution in [-0.2, 0) is 6.54 Å². The molecule has 0 spiro atoms. The van der Waals surface area contributed by atoms with Gasteiger partial charge in [-0.2, -0.15) is 4.98 Å². The zero-order valence-electron chi connectivity index (χ0n) is 10.5. The van der Waals surface area contributed by atoms with E-state index in [1.807, 2.05) is 6.92 Å². The van der Waals surface area contributed by atoms with Crippen LogP contribution in [0.1, 0.15) is 21.0 Å². The number of hydrogen-bond acceptors (Lipinski definition) is 5. The summed E-state index contributed by atoms with van der Waals surface area (Å²) in [6, 6.07) is 2.17. The maximum absolute atomic E-state index is 5.91. The van der Waals surface area contributed by atoms with Crippen LogP contribution in [0.5, 0.6) is 0 Å². The van der Waals surface area contributed by atoms with E-state index in [-0.39, 0.29) is 5.28 Å². The highest BCUT2D eigenvalue weighted by molar-refractivity contribution is 7.12. The van der Waals surface area contributed by atoms with Gasteiger partial charge in [-0.3, -0.25) is 0 Å². The molecule has 3 N–H and O–H groups in total. The number of aryl methyl sites for hydroxylation is 3. The molecular weight excluding hydrogens is 268 g/mol.